The average Bonchev–Trinajstić information content (AvgIpc) is 3.17. The van der Waals surface area contributed by atoms with Gasteiger partial charge in [-0.2, -0.15) is 0 Å². The Balaban J connectivity index is 1.52. The Morgan fingerprint density at radius 3 is 1.70 bits per heavy atom. The van der Waals surface area contributed by atoms with E-state index < -0.39 is 156 Å². The fourth-order valence-electron chi connectivity index (χ4n) is 6.16. The Labute approximate surface area is 312 Å². The highest BCUT2D eigenvalue weighted by molar-refractivity contribution is 5.92. The van der Waals surface area contributed by atoms with Crippen molar-refractivity contribution in [2.75, 3.05) is 13.2 Å². The van der Waals surface area contributed by atoms with Gasteiger partial charge in [0, 0.05) is 11.6 Å². The number of ether oxygens (including phenoxy) is 6. The van der Waals surface area contributed by atoms with E-state index in [9.17, 15) is 81.1 Å². The minimum absolute atomic E-state index is 0.0265. The number of aliphatic hydroxyl groups is 12. The average molecular weight is 803 g/mol. The fourth-order valence-corrected chi connectivity index (χ4v) is 6.16. The molecule has 6 rings (SSSR count). The maximum absolute atomic E-state index is 14.3. The molecular formula is C33H38O23. The van der Waals surface area contributed by atoms with Crippen molar-refractivity contribution in [2.24, 2.45) is 0 Å². The SMILES string of the molecule is O=C(Oc1cc2oc(-c3ccc(O)cc3)c(O[C@@H]3O[C@H](CO)[C@@H](O)[C@H](O)[C@H]3O)c(=O)c2c(O)c1O[C@@H]1O[C@H](CO)[C@@H](O)[C@H](O)[C@H]1O)[C@H]1O[C@@H](O)[C@H](O)[C@@H](O)[C@@H]1O. The second kappa shape index (κ2) is 16.3. The van der Waals surface area contributed by atoms with E-state index in [2.05, 4.69) is 0 Å². The summed E-state index contributed by atoms with van der Waals surface area (Å²) >= 11 is 0. The number of rotatable bonds is 9. The van der Waals surface area contributed by atoms with Crippen LogP contribution in [0, 0.1) is 0 Å². The van der Waals surface area contributed by atoms with Crippen molar-refractivity contribution in [3.63, 3.8) is 0 Å². The number of aromatic hydroxyl groups is 2. The van der Waals surface area contributed by atoms with Crippen LogP contribution in [0.25, 0.3) is 22.3 Å². The molecule has 23 heteroatoms. The van der Waals surface area contributed by atoms with Crippen LogP contribution >= 0.6 is 0 Å². The molecule has 0 spiro atoms. The summed E-state index contributed by atoms with van der Waals surface area (Å²) in [6.07, 6.45) is -30.0. The summed E-state index contributed by atoms with van der Waals surface area (Å²) in [5.41, 5.74) is -1.99. The van der Waals surface area contributed by atoms with Crippen LogP contribution in [-0.2, 0) is 19.0 Å². The predicted octanol–water partition coefficient (Wildman–Crippen LogP) is -6.07. The highest BCUT2D eigenvalue weighted by atomic mass is 16.7. The number of carbonyl (C=O) groups excluding carboxylic acids is 1. The molecule has 0 bridgehead atoms. The largest absolute Gasteiger partial charge is 0.508 e. The Hall–Kier alpha value is -4.28. The van der Waals surface area contributed by atoms with E-state index in [1.807, 2.05) is 0 Å². The Kier molecular flexibility index (Phi) is 12.0. The van der Waals surface area contributed by atoms with Crippen molar-refractivity contribution in [3.05, 3.63) is 40.6 Å². The zero-order chi connectivity index (χ0) is 40.9. The molecule has 1 aromatic heterocycles. The summed E-state index contributed by atoms with van der Waals surface area (Å²) in [4.78, 5) is 27.7. The van der Waals surface area contributed by atoms with Crippen LogP contribution in [-0.4, -0.2) is 183 Å². The van der Waals surface area contributed by atoms with Crippen molar-refractivity contribution >= 4 is 16.9 Å². The van der Waals surface area contributed by atoms with E-state index in [4.69, 9.17) is 32.8 Å². The molecule has 15 atom stereocenters. The quantitative estimate of drug-likeness (QED) is 0.0707. The highest BCUT2D eigenvalue weighted by Crippen LogP contribution is 2.46. The zero-order valence-corrected chi connectivity index (χ0v) is 28.4. The third kappa shape index (κ3) is 7.47. The second-order valence-corrected chi connectivity index (χ2v) is 13.0. The first-order chi connectivity index (χ1) is 26.5. The highest BCUT2D eigenvalue weighted by Gasteiger charge is 2.49. The minimum atomic E-state index is -2.23. The van der Waals surface area contributed by atoms with E-state index >= 15 is 0 Å². The molecule has 0 aliphatic carbocycles. The molecule has 3 aromatic rings. The van der Waals surface area contributed by atoms with Gasteiger partial charge in [-0.1, -0.05) is 0 Å². The molecule has 3 aliphatic heterocycles. The fraction of sp³-hybridized carbons (Fsp3) is 0.515. The number of aliphatic hydroxyl groups excluding tert-OH is 12. The van der Waals surface area contributed by atoms with Crippen LogP contribution in [0.4, 0.5) is 0 Å². The number of esters is 1. The number of hydrogen-bond acceptors (Lipinski definition) is 23. The van der Waals surface area contributed by atoms with Gasteiger partial charge in [0.05, 0.1) is 13.2 Å². The maximum Gasteiger partial charge on any atom is 0.343 e. The lowest BCUT2D eigenvalue weighted by Gasteiger charge is -2.40. The van der Waals surface area contributed by atoms with Crippen molar-refractivity contribution in [3.8, 4) is 40.1 Å². The number of fused-ring (bicyclic) bond motifs is 1. The molecule has 308 valence electrons. The van der Waals surface area contributed by atoms with Gasteiger partial charge in [-0.3, -0.25) is 4.79 Å². The molecule has 3 aliphatic rings. The van der Waals surface area contributed by atoms with E-state index in [0.717, 1.165) is 18.2 Å². The summed E-state index contributed by atoms with van der Waals surface area (Å²) in [7, 11) is 0. The molecule has 23 nitrogen and oxygen atoms in total. The number of hydrogen-bond donors (Lipinski definition) is 14. The predicted molar refractivity (Wildman–Crippen MR) is 175 cm³/mol. The molecule has 14 N–H and O–H groups in total. The van der Waals surface area contributed by atoms with E-state index in [1.54, 1.807) is 0 Å². The Morgan fingerprint density at radius 2 is 1.16 bits per heavy atom. The van der Waals surface area contributed by atoms with Crippen molar-refractivity contribution < 1.29 is 109 Å². The first-order valence-electron chi connectivity index (χ1n) is 16.7. The topological polar surface area (TPSA) is 386 Å². The van der Waals surface area contributed by atoms with Gasteiger partial charge in [0.15, 0.2) is 29.7 Å². The van der Waals surface area contributed by atoms with Gasteiger partial charge >= 0.3 is 5.97 Å². The van der Waals surface area contributed by atoms with Crippen LogP contribution in [0.2, 0.25) is 0 Å². The smallest absolute Gasteiger partial charge is 0.343 e. The molecule has 0 unspecified atom stereocenters. The van der Waals surface area contributed by atoms with Crippen LogP contribution in [0.5, 0.6) is 28.7 Å². The van der Waals surface area contributed by atoms with Gasteiger partial charge < -0.3 is 104 Å². The van der Waals surface area contributed by atoms with Gasteiger partial charge in [0.25, 0.3) is 0 Å². The first kappa shape index (κ1) is 41.4. The number of carbonyl (C=O) groups is 1. The number of phenolic OH excluding ortho intramolecular Hbond substituents is 2. The summed E-state index contributed by atoms with van der Waals surface area (Å²) in [5.74, 6) is -6.53. The van der Waals surface area contributed by atoms with Gasteiger partial charge in [0.2, 0.25) is 29.5 Å². The van der Waals surface area contributed by atoms with Gasteiger partial charge in [-0.05, 0) is 24.3 Å². The molecular weight excluding hydrogens is 764 g/mol. The third-order valence-corrected chi connectivity index (χ3v) is 9.36. The monoisotopic (exact) mass is 802 g/mol. The number of phenols is 2. The van der Waals surface area contributed by atoms with Crippen molar-refractivity contribution in [2.45, 2.75) is 92.1 Å². The molecule has 56 heavy (non-hydrogen) atoms. The normalized spacial score (nSPS) is 36.2. The lowest BCUT2D eigenvalue weighted by Crippen LogP contribution is -2.60. The molecule has 3 fully saturated rings. The lowest BCUT2D eigenvalue weighted by molar-refractivity contribution is -0.280. The summed E-state index contributed by atoms with van der Waals surface area (Å²) in [5, 5.41) is 143. The molecule has 3 saturated heterocycles. The van der Waals surface area contributed by atoms with E-state index in [-0.39, 0.29) is 11.3 Å². The maximum atomic E-state index is 14.3. The van der Waals surface area contributed by atoms with Crippen molar-refractivity contribution in [1.82, 2.24) is 0 Å². The van der Waals surface area contributed by atoms with E-state index in [1.165, 1.54) is 12.1 Å². The van der Waals surface area contributed by atoms with Gasteiger partial charge in [0.1, 0.15) is 83.9 Å². The first-order valence-corrected chi connectivity index (χ1v) is 16.7. The molecule has 2 aromatic carbocycles. The van der Waals surface area contributed by atoms with Crippen molar-refractivity contribution in [1.29, 1.82) is 0 Å². The summed E-state index contributed by atoms with van der Waals surface area (Å²) in [6.45, 7) is -1.82. The standard InChI is InChI=1S/C33H38O23/c34-6-12-15(37)19(41)24(46)32(52-12)55-27-11(51-31(49)29-22(44)21(43)23(45)30(48)54-29)5-10-14(17(27)39)18(40)28(26(50-10)8-1-3-9(36)4-2-8)56-33-25(47)20(42)16(38)13(7-35)53-33/h1-5,12-13,15-16,19-25,29-30,32-39,41-48H,6-7H2/t12-,13-,15-,16-,19+,20+,21+,22+,23-,24-,25-,29+,30-,32+,33+/m1/s1. The molecule has 0 amide bonds. The summed E-state index contributed by atoms with van der Waals surface area (Å²) < 4.78 is 38.1. The minimum Gasteiger partial charge on any atom is -0.508 e. The second-order valence-electron chi connectivity index (χ2n) is 13.0. The Morgan fingerprint density at radius 1 is 0.643 bits per heavy atom. The van der Waals surface area contributed by atoms with Gasteiger partial charge in [-0.25, -0.2) is 4.79 Å². The van der Waals surface area contributed by atoms with Crippen LogP contribution in [0.1, 0.15) is 0 Å². The Bertz CT molecular complexity index is 1930. The van der Waals surface area contributed by atoms with E-state index in [0.29, 0.717) is 0 Å². The van der Waals surface area contributed by atoms with Crippen LogP contribution in [0.3, 0.4) is 0 Å². The van der Waals surface area contributed by atoms with Gasteiger partial charge in [-0.15, -0.1) is 0 Å². The summed E-state index contributed by atoms with van der Waals surface area (Å²) in [6, 6.07) is 5.52. The third-order valence-electron chi connectivity index (χ3n) is 9.36. The zero-order valence-electron chi connectivity index (χ0n) is 28.4. The number of benzene rings is 2. The molecule has 0 radical (unpaired) electrons. The molecule has 0 saturated carbocycles. The molecule has 4 heterocycles. The van der Waals surface area contributed by atoms with Crippen LogP contribution < -0.4 is 19.6 Å². The van der Waals surface area contributed by atoms with Crippen LogP contribution in [0.15, 0.2) is 39.5 Å². The lowest BCUT2D eigenvalue weighted by atomic mass is 9.99.